The van der Waals surface area contributed by atoms with Crippen molar-refractivity contribution >= 4 is 24.0 Å². The second-order valence-electron chi connectivity index (χ2n) is 4.28. The highest BCUT2D eigenvalue weighted by molar-refractivity contribution is 9.11. The average Bonchev–Trinajstić information content (AvgIpc) is 1.93. The number of rotatable bonds is 4. The van der Waals surface area contributed by atoms with Gasteiger partial charge in [-0.1, -0.05) is 42.1 Å². The van der Waals surface area contributed by atoms with Crippen LogP contribution in [0.15, 0.2) is 11.1 Å². The van der Waals surface area contributed by atoms with Crippen LogP contribution in [0.1, 0.15) is 25.7 Å². The van der Waals surface area contributed by atoms with E-state index < -0.39 is 8.07 Å². The van der Waals surface area contributed by atoms with Crippen molar-refractivity contribution in [2.24, 2.45) is 0 Å². The molecule has 0 fully saturated rings. The van der Waals surface area contributed by atoms with Gasteiger partial charge in [-0.15, -0.1) is 11.5 Å². The van der Waals surface area contributed by atoms with Crippen molar-refractivity contribution in [3.8, 4) is 11.5 Å². The fourth-order valence-electron chi connectivity index (χ4n) is 0.858. The molecule has 0 saturated heterocycles. The third-order valence-electron chi connectivity index (χ3n) is 1.46. The molecule has 0 nitrogen and oxygen atoms in total. The van der Waals surface area contributed by atoms with E-state index in [-0.39, 0.29) is 0 Å². The van der Waals surface area contributed by atoms with Crippen LogP contribution < -0.4 is 0 Å². The van der Waals surface area contributed by atoms with Crippen LogP contribution in [-0.4, -0.2) is 8.07 Å². The predicted molar refractivity (Wildman–Crippen MR) is 67.7 cm³/mol. The molecular formula is C11H19BrSi. The van der Waals surface area contributed by atoms with E-state index >= 15 is 0 Å². The molecule has 0 aromatic rings. The highest BCUT2D eigenvalue weighted by Gasteiger charge is 2.06. The lowest BCUT2D eigenvalue weighted by molar-refractivity contribution is 0.769. The Labute approximate surface area is 91.9 Å². The van der Waals surface area contributed by atoms with Crippen molar-refractivity contribution in [2.45, 2.75) is 45.3 Å². The first-order valence-electron chi connectivity index (χ1n) is 4.75. The van der Waals surface area contributed by atoms with Crippen LogP contribution in [0.25, 0.3) is 0 Å². The molecule has 0 atom stereocenters. The van der Waals surface area contributed by atoms with E-state index in [4.69, 9.17) is 0 Å². The Morgan fingerprint density at radius 2 is 1.92 bits per heavy atom. The van der Waals surface area contributed by atoms with Gasteiger partial charge in [-0.25, -0.2) is 0 Å². The van der Waals surface area contributed by atoms with Gasteiger partial charge in [-0.05, 0) is 23.7 Å². The van der Waals surface area contributed by atoms with Crippen LogP contribution in [0.5, 0.6) is 0 Å². The lowest BCUT2D eigenvalue weighted by Gasteiger charge is -2.03. The summed E-state index contributed by atoms with van der Waals surface area (Å²) < 4.78 is 1.10. The highest BCUT2D eigenvalue weighted by atomic mass is 79.9. The smallest absolute Gasteiger partial charge is 0.129 e. The molecule has 0 N–H and O–H groups in total. The Kier molecular flexibility index (Phi) is 6.45. The Morgan fingerprint density at radius 3 is 2.38 bits per heavy atom. The minimum absolute atomic E-state index is 1.05. The van der Waals surface area contributed by atoms with Crippen molar-refractivity contribution in [1.82, 2.24) is 0 Å². The van der Waals surface area contributed by atoms with Crippen LogP contribution in [0.4, 0.5) is 0 Å². The first-order chi connectivity index (χ1) is 5.92. The topological polar surface area (TPSA) is 0 Å². The van der Waals surface area contributed by atoms with Crippen LogP contribution in [-0.2, 0) is 0 Å². The maximum atomic E-state index is 3.80. The second-order valence-corrected chi connectivity index (χ2v) is 10.1. The van der Waals surface area contributed by atoms with Crippen molar-refractivity contribution in [2.75, 3.05) is 0 Å². The first kappa shape index (κ1) is 13.0. The minimum Gasteiger partial charge on any atom is -0.132 e. The number of hydrogen-bond acceptors (Lipinski definition) is 0. The zero-order valence-corrected chi connectivity index (χ0v) is 11.5. The van der Waals surface area contributed by atoms with E-state index in [1.54, 1.807) is 0 Å². The summed E-state index contributed by atoms with van der Waals surface area (Å²) in [5.74, 6) is 3.27. The standard InChI is InChI=1S/C11H19BrSi/c1-11(12)9-7-5-6-8-10-13(2,3)4/h1,5-7,9H2,2-4H3. The Balaban J connectivity index is 3.44. The summed E-state index contributed by atoms with van der Waals surface area (Å²) in [5, 5.41) is 0. The summed E-state index contributed by atoms with van der Waals surface area (Å²) >= 11 is 3.35. The molecular weight excluding hydrogens is 240 g/mol. The fraction of sp³-hybridized carbons (Fsp3) is 0.636. The molecule has 74 valence electrons. The predicted octanol–water partition coefficient (Wildman–Crippen LogP) is 4.34. The summed E-state index contributed by atoms with van der Waals surface area (Å²) in [4.78, 5) is 0. The van der Waals surface area contributed by atoms with Gasteiger partial charge in [0.25, 0.3) is 0 Å². The average molecular weight is 259 g/mol. The zero-order valence-electron chi connectivity index (χ0n) is 8.91. The Bertz CT molecular complexity index is 214. The van der Waals surface area contributed by atoms with E-state index in [1.807, 2.05) is 0 Å². The van der Waals surface area contributed by atoms with E-state index in [2.05, 4.69) is 53.6 Å². The van der Waals surface area contributed by atoms with E-state index in [9.17, 15) is 0 Å². The molecule has 0 amide bonds. The third-order valence-corrected chi connectivity index (χ3v) is 2.79. The molecule has 2 heteroatoms. The zero-order chi connectivity index (χ0) is 10.3. The minimum atomic E-state index is -1.13. The molecule has 0 saturated carbocycles. The summed E-state index contributed by atoms with van der Waals surface area (Å²) in [5.41, 5.74) is 3.36. The molecule has 0 radical (unpaired) electrons. The normalized spacial score (nSPS) is 10.5. The van der Waals surface area contributed by atoms with Gasteiger partial charge in [0.05, 0.1) is 0 Å². The van der Waals surface area contributed by atoms with Crippen LogP contribution in [0.3, 0.4) is 0 Å². The van der Waals surface area contributed by atoms with Crippen molar-refractivity contribution in [1.29, 1.82) is 0 Å². The van der Waals surface area contributed by atoms with Gasteiger partial charge in [0.1, 0.15) is 8.07 Å². The van der Waals surface area contributed by atoms with Crippen LogP contribution >= 0.6 is 15.9 Å². The van der Waals surface area contributed by atoms with E-state index in [0.717, 1.165) is 17.3 Å². The van der Waals surface area contributed by atoms with Crippen molar-refractivity contribution in [3.05, 3.63) is 11.1 Å². The molecule has 0 rings (SSSR count). The summed E-state index contributed by atoms with van der Waals surface area (Å²) in [6.45, 7) is 10.6. The van der Waals surface area contributed by atoms with Gasteiger partial charge >= 0.3 is 0 Å². The van der Waals surface area contributed by atoms with Gasteiger partial charge in [0.15, 0.2) is 0 Å². The monoisotopic (exact) mass is 258 g/mol. The van der Waals surface area contributed by atoms with Gasteiger partial charge in [0, 0.05) is 6.42 Å². The van der Waals surface area contributed by atoms with E-state index in [1.165, 1.54) is 12.8 Å². The SMILES string of the molecule is C=C(Br)CCCCC#C[Si](C)(C)C. The molecule has 0 aromatic heterocycles. The third kappa shape index (κ3) is 12.0. The number of unbranched alkanes of at least 4 members (excludes halogenated alkanes) is 2. The molecule has 0 aliphatic rings. The van der Waals surface area contributed by atoms with Gasteiger partial charge < -0.3 is 0 Å². The van der Waals surface area contributed by atoms with Crippen molar-refractivity contribution < 1.29 is 0 Å². The molecule has 0 spiro atoms. The molecule has 0 aliphatic heterocycles. The van der Waals surface area contributed by atoms with Gasteiger partial charge in [-0.3, -0.25) is 0 Å². The van der Waals surface area contributed by atoms with E-state index in [0.29, 0.717) is 0 Å². The quantitative estimate of drug-likeness (QED) is 0.400. The highest BCUT2D eigenvalue weighted by Crippen LogP contribution is 2.11. The summed E-state index contributed by atoms with van der Waals surface area (Å²) in [6, 6.07) is 0. The first-order valence-corrected chi connectivity index (χ1v) is 9.04. The second kappa shape index (κ2) is 6.45. The largest absolute Gasteiger partial charge is 0.132 e. The van der Waals surface area contributed by atoms with Crippen molar-refractivity contribution in [3.63, 3.8) is 0 Å². The number of hydrogen-bond donors (Lipinski definition) is 0. The Morgan fingerprint density at radius 1 is 1.31 bits per heavy atom. The summed E-state index contributed by atoms with van der Waals surface area (Å²) in [7, 11) is -1.13. The van der Waals surface area contributed by atoms with Gasteiger partial charge in [-0.2, -0.15) is 0 Å². The molecule has 0 aliphatic carbocycles. The number of halogens is 1. The maximum Gasteiger partial charge on any atom is 0.129 e. The van der Waals surface area contributed by atoms with Crippen LogP contribution in [0.2, 0.25) is 19.6 Å². The maximum absolute atomic E-state index is 3.80. The lowest BCUT2D eigenvalue weighted by atomic mass is 10.2. The summed E-state index contributed by atoms with van der Waals surface area (Å²) in [6.07, 6.45) is 4.52. The molecule has 0 aromatic carbocycles. The fourth-order valence-corrected chi connectivity index (χ4v) is 1.79. The van der Waals surface area contributed by atoms with Gasteiger partial charge in [0.2, 0.25) is 0 Å². The van der Waals surface area contributed by atoms with Crippen LogP contribution in [0, 0.1) is 11.5 Å². The number of allylic oxidation sites excluding steroid dienone is 1. The molecule has 13 heavy (non-hydrogen) atoms. The molecule has 0 bridgehead atoms. The lowest BCUT2D eigenvalue weighted by Crippen LogP contribution is -2.16. The molecule has 0 heterocycles. The Hall–Kier alpha value is -0.00312. The molecule has 0 unspecified atom stereocenters.